The summed E-state index contributed by atoms with van der Waals surface area (Å²) >= 11 is 0. The Kier molecular flexibility index (Phi) is 9.45. The van der Waals surface area contributed by atoms with E-state index in [1.54, 1.807) is 49.7 Å². The predicted octanol–water partition coefficient (Wildman–Crippen LogP) is 10.4. The number of imidazole rings is 1. The van der Waals surface area contributed by atoms with Crippen LogP contribution in [0, 0.1) is 0 Å². The maximum Gasteiger partial charge on any atom is 0.181 e. The molecule has 14 aromatic rings. The van der Waals surface area contributed by atoms with Crippen LogP contribution >= 0.6 is 0 Å². The highest BCUT2D eigenvalue weighted by atomic mass is 15.3. The molecule has 78 heavy (non-hydrogen) atoms. The number of pyridine rings is 2. The minimum absolute atomic E-state index is 0.345. The van der Waals surface area contributed by atoms with Crippen molar-refractivity contribution in [3.8, 4) is 67.9 Å². The molecule has 0 amide bonds. The van der Waals surface area contributed by atoms with Crippen molar-refractivity contribution in [1.29, 1.82) is 0 Å². The summed E-state index contributed by atoms with van der Waals surface area (Å²) in [7, 11) is 0. The zero-order valence-electron chi connectivity index (χ0n) is 40.6. The number of nitrogens with zero attached hydrogens (tertiary/aromatic N) is 17. The molecule has 0 unspecified atom stereocenters. The Bertz CT molecular complexity index is 4980. The average molecular weight is 1010 g/mol. The van der Waals surface area contributed by atoms with E-state index in [4.69, 9.17) is 54.8 Å². The average Bonchev–Trinajstić information content (AvgIpc) is 4.01. The second-order valence-electron chi connectivity index (χ2n) is 18.6. The van der Waals surface area contributed by atoms with Crippen LogP contribution in [0.2, 0.25) is 0 Å². The highest BCUT2D eigenvalue weighted by Gasteiger charge is 2.35. The van der Waals surface area contributed by atoms with Gasteiger partial charge >= 0.3 is 0 Å². The molecule has 2 N–H and O–H groups in total. The van der Waals surface area contributed by atoms with E-state index in [0.29, 0.717) is 130 Å². The lowest BCUT2D eigenvalue weighted by Gasteiger charge is -2.30. The number of hydrogen-bond acceptors (Lipinski definition) is 17. The molecule has 0 saturated heterocycles. The lowest BCUT2D eigenvalue weighted by molar-refractivity contribution is 0.527. The van der Waals surface area contributed by atoms with Gasteiger partial charge in [0.1, 0.15) is 11.0 Å². The number of rotatable bonds is 7. The molecular weight excluding hydrogens is 975 g/mol. The number of H-pyrrole nitrogens is 2. The van der Waals surface area contributed by atoms with Gasteiger partial charge in [-0.1, -0.05) is 48.6 Å². The molecule has 0 saturated carbocycles. The fourth-order valence-electron chi connectivity index (χ4n) is 10.8. The van der Waals surface area contributed by atoms with Crippen molar-refractivity contribution in [2.75, 3.05) is 6.54 Å². The highest BCUT2D eigenvalue weighted by molar-refractivity contribution is 6.28. The van der Waals surface area contributed by atoms with Gasteiger partial charge in [-0.3, -0.25) is 4.98 Å². The molecule has 19 nitrogen and oxygen atoms in total. The second kappa shape index (κ2) is 17.1. The van der Waals surface area contributed by atoms with Crippen molar-refractivity contribution in [3.05, 3.63) is 189 Å². The Labute approximate surface area is 439 Å². The van der Waals surface area contributed by atoms with Gasteiger partial charge in [-0.2, -0.15) is 0 Å². The van der Waals surface area contributed by atoms with E-state index in [9.17, 15) is 0 Å². The largest absolute Gasteiger partial charge is 0.354 e. The summed E-state index contributed by atoms with van der Waals surface area (Å²) < 4.78 is 0. The zero-order chi connectivity index (χ0) is 51.3. The lowest BCUT2D eigenvalue weighted by Crippen LogP contribution is -2.21. The molecule has 2 aliphatic rings. The van der Waals surface area contributed by atoms with Gasteiger partial charge in [0.2, 0.25) is 0 Å². The number of hydrogen-bond donors (Lipinski definition) is 2. The van der Waals surface area contributed by atoms with E-state index in [1.807, 2.05) is 97.2 Å². The van der Waals surface area contributed by atoms with Crippen LogP contribution in [0.5, 0.6) is 0 Å². The normalized spacial score (nSPS) is 13.4. The van der Waals surface area contributed by atoms with Gasteiger partial charge < -0.3 is 14.9 Å². The first-order valence-corrected chi connectivity index (χ1v) is 24.8. The van der Waals surface area contributed by atoms with Crippen LogP contribution in [-0.2, 0) is 0 Å². The van der Waals surface area contributed by atoms with E-state index >= 15 is 0 Å². The quantitative estimate of drug-likeness (QED) is 0.151. The molecule has 0 atom stereocenters. The van der Waals surface area contributed by atoms with Crippen LogP contribution in [0.3, 0.4) is 0 Å². The molecule has 0 aliphatic carbocycles. The van der Waals surface area contributed by atoms with Crippen LogP contribution in [0.1, 0.15) is 5.56 Å². The molecule has 0 radical (unpaired) electrons. The summed E-state index contributed by atoms with van der Waals surface area (Å²) in [4.78, 5) is 75.5. The fourth-order valence-corrected chi connectivity index (χ4v) is 10.8. The zero-order valence-corrected chi connectivity index (χ0v) is 40.6. The first-order chi connectivity index (χ1) is 38.7. The standard InChI is InChI=1S/C59H33N19/c1-2-12-35-32(9-1)26-64-57(72-35)51-46(33-11-8-24-78-23-6-5-15-44(33)78)47(39-17-16-31-10-7-19-61-54(31)73-39)52(59-66-28-42-55(74-59)62-22-21-60-42)53-49(51)48-40(71-53)25-34(36-18-20-69-77-76-36)45(41-27-63-37-13-3-4-14-38(37)70-41)50(48)58-65-29-43-56(75-58)68-30-67-43/h1-23,25-30,71H,24H2,(H,65,67,68,75). The molecule has 0 spiro atoms. The molecule has 16 rings (SSSR count). The molecule has 364 valence electrons. The van der Waals surface area contributed by atoms with E-state index in [-0.39, 0.29) is 0 Å². The molecular formula is C59H33N19. The topological polar surface area (TPSA) is 241 Å². The van der Waals surface area contributed by atoms with Crippen LogP contribution < -0.4 is 0 Å². The fraction of sp³-hybridized carbons (Fsp3) is 0.0169. The van der Waals surface area contributed by atoms with Crippen molar-refractivity contribution in [2.45, 2.75) is 0 Å². The number of aromatic amines is 2. The number of allylic oxidation sites excluding steroid dienone is 5. The Morgan fingerprint density at radius 3 is 2.24 bits per heavy atom. The number of benzene rings is 4. The number of para-hydroxylation sites is 3. The van der Waals surface area contributed by atoms with Gasteiger partial charge in [0.05, 0.1) is 75.8 Å². The Morgan fingerprint density at radius 2 is 1.29 bits per heavy atom. The van der Waals surface area contributed by atoms with E-state index in [0.717, 1.165) is 38.6 Å². The van der Waals surface area contributed by atoms with E-state index in [2.05, 4.69) is 70.7 Å². The maximum atomic E-state index is 5.49. The van der Waals surface area contributed by atoms with Crippen molar-refractivity contribution < 1.29 is 0 Å². The first-order valence-electron chi connectivity index (χ1n) is 24.8. The maximum absolute atomic E-state index is 5.49. The molecule has 2 aliphatic heterocycles. The number of fused-ring (bicyclic) bond motifs is 9. The van der Waals surface area contributed by atoms with Crippen molar-refractivity contribution in [3.63, 3.8) is 0 Å². The minimum atomic E-state index is 0.345. The van der Waals surface area contributed by atoms with Gasteiger partial charge in [-0.25, -0.2) is 59.8 Å². The van der Waals surface area contributed by atoms with E-state index < -0.39 is 0 Å². The lowest BCUT2D eigenvalue weighted by atomic mass is 9.81. The summed E-state index contributed by atoms with van der Waals surface area (Å²) in [6.45, 7) is 0.636. The van der Waals surface area contributed by atoms with Gasteiger partial charge in [0.25, 0.3) is 0 Å². The minimum Gasteiger partial charge on any atom is -0.354 e. The van der Waals surface area contributed by atoms with Gasteiger partial charge in [-0.05, 0) is 72.0 Å². The van der Waals surface area contributed by atoms with Crippen LogP contribution in [0.15, 0.2) is 183 Å². The molecule has 19 heteroatoms. The summed E-state index contributed by atoms with van der Waals surface area (Å²) in [6.07, 6.45) is 27.9. The molecule has 4 aromatic carbocycles. The molecule has 12 heterocycles. The third-order valence-corrected chi connectivity index (χ3v) is 14.2. The summed E-state index contributed by atoms with van der Waals surface area (Å²) in [6, 6.07) is 27.6. The Morgan fingerprint density at radius 1 is 0.474 bits per heavy atom. The Balaban J connectivity index is 1.20. The third kappa shape index (κ3) is 6.78. The van der Waals surface area contributed by atoms with Gasteiger partial charge in [0, 0.05) is 109 Å². The number of aromatic nitrogens is 18. The van der Waals surface area contributed by atoms with Gasteiger partial charge in [-0.15, -0.1) is 10.2 Å². The predicted molar refractivity (Wildman–Crippen MR) is 296 cm³/mol. The molecule has 10 aromatic heterocycles. The summed E-state index contributed by atoms with van der Waals surface area (Å²) in [5.74, 6) is 1.13. The first kappa shape index (κ1) is 43.1. The van der Waals surface area contributed by atoms with Gasteiger partial charge in [0.15, 0.2) is 34.4 Å². The summed E-state index contributed by atoms with van der Waals surface area (Å²) in [5, 5.41) is 16.0. The monoisotopic (exact) mass is 1010 g/mol. The highest BCUT2D eigenvalue weighted by Crippen LogP contribution is 2.54. The van der Waals surface area contributed by atoms with E-state index in [1.165, 1.54) is 0 Å². The van der Waals surface area contributed by atoms with Crippen molar-refractivity contribution in [1.82, 2.24) is 95.1 Å². The van der Waals surface area contributed by atoms with Crippen molar-refractivity contribution in [2.24, 2.45) is 0 Å². The Hall–Kier alpha value is -11.3. The third-order valence-electron chi connectivity index (χ3n) is 14.2. The van der Waals surface area contributed by atoms with Crippen LogP contribution in [0.4, 0.5) is 0 Å². The second-order valence-corrected chi connectivity index (χ2v) is 18.6. The SMILES string of the molecule is C1=CC2=C(c3c(-c4ccc5cccnc5n4)c(-c4ncc5nccnc5n4)c4[nH]c5cc(-c6ccnnn6)c(-c6cnc7ccccc7n6)c(-c6ncc7[nH]cnc7n6)c5c4c3-c3ncc4ccccc4n3)C=CCN2C=C1. The van der Waals surface area contributed by atoms with Crippen molar-refractivity contribution >= 4 is 82.7 Å². The van der Waals surface area contributed by atoms with Crippen LogP contribution in [0.25, 0.3) is 151 Å². The smallest absolute Gasteiger partial charge is 0.181 e. The van der Waals surface area contributed by atoms with Crippen LogP contribution in [-0.4, -0.2) is 102 Å². The molecule has 0 fully saturated rings. The summed E-state index contributed by atoms with van der Waals surface area (Å²) in [5.41, 5.74) is 14.0. The molecule has 0 bridgehead atoms. The number of nitrogens with one attached hydrogen (secondary N) is 2.